The Balaban J connectivity index is 1.54. The summed E-state index contributed by atoms with van der Waals surface area (Å²) in [5.41, 5.74) is 2.50. The zero-order chi connectivity index (χ0) is 25.1. The van der Waals surface area contributed by atoms with E-state index in [4.69, 9.17) is 16.3 Å². The number of hydrogen-bond donors (Lipinski definition) is 1. The van der Waals surface area contributed by atoms with Crippen molar-refractivity contribution >= 4 is 97.4 Å². The van der Waals surface area contributed by atoms with E-state index in [9.17, 15) is 14.7 Å². The highest BCUT2D eigenvalue weighted by Crippen LogP contribution is 2.35. The van der Waals surface area contributed by atoms with Crippen molar-refractivity contribution in [2.24, 2.45) is 4.99 Å². The van der Waals surface area contributed by atoms with Crippen molar-refractivity contribution in [1.82, 2.24) is 4.90 Å². The number of nitrogens with zero attached hydrogens (tertiary/aromatic N) is 2. The van der Waals surface area contributed by atoms with E-state index in [1.165, 1.54) is 28.8 Å². The number of carboxylic acid groups (broad SMARTS) is 1. The van der Waals surface area contributed by atoms with Gasteiger partial charge in [-0.1, -0.05) is 29.8 Å². The molecule has 0 aromatic heterocycles. The molecular weight excluding hydrogens is 714 g/mol. The third-order valence-electron chi connectivity index (χ3n) is 4.94. The van der Waals surface area contributed by atoms with Gasteiger partial charge in [0, 0.05) is 12.1 Å². The summed E-state index contributed by atoms with van der Waals surface area (Å²) in [6.45, 7) is 0.422. The number of thioether (sulfide) groups is 1. The van der Waals surface area contributed by atoms with Gasteiger partial charge in [0.25, 0.3) is 5.91 Å². The molecule has 1 fully saturated rings. The van der Waals surface area contributed by atoms with E-state index >= 15 is 0 Å². The topological polar surface area (TPSA) is 79.2 Å². The van der Waals surface area contributed by atoms with Crippen LogP contribution in [0.25, 0.3) is 6.08 Å². The zero-order valence-electron chi connectivity index (χ0n) is 18.2. The maximum Gasteiger partial charge on any atom is 0.335 e. The van der Waals surface area contributed by atoms with Crippen LogP contribution in [-0.2, 0) is 11.4 Å². The third-order valence-corrected chi connectivity index (χ3v) is 7.85. The first-order chi connectivity index (χ1) is 16.7. The van der Waals surface area contributed by atoms with Crippen LogP contribution in [0.5, 0.6) is 5.75 Å². The summed E-state index contributed by atoms with van der Waals surface area (Å²) >= 11 is 11.7. The number of benzene rings is 3. The van der Waals surface area contributed by atoms with Crippen molar-refractivity contribution in [2.75, 3.05) is 7.05 Å². The number of amides is 1. The monoisotopic (exact) mass is 730 g/mol. The lowest BCUT2D eigenvalue weighted by molar-refractivity contribution is -0.121. The highest BCUT2D eigenvalue weighted by Gasteiger charge is 2.30. The molecule has 1 saturated heterocycles. The lowest BCUT2D eigenvalue weighted by Gasteiger charge is -2.12. The summed E-state index contributed by atoms with van der Waals surface area (Å²) in [7, 11) is 1.65. The summed E-state index contributed by atoms with van der Waals surface area (Å²) in [6.07, 6.45) is 1.83. The van der Waals surface area contributed by atoms with Gasteiger partial charge in [-0.15, -0.1) is 0 Å². The summed E-state index contributed by atoms with van der Waals surface area (Å²) < 4.78 is 7.90. The molecule has 1 amide bonds. The van der Waals surface area contributed by atoms with Crippen molar-refractivity contribution in [3.05, 3.63) is 94.4 Å². The first-order valence-corrected chi connectivity index (χ1v) is 13.5. The molecule has 3 aromatic rings. The van der Waals surface area contributed by atoms with E-state index in [2.05, 4.69) is 50.2 Å². The minimum atomic E-state index is -1.03. The molecule has 1 aliphatic heterocycles. The van der Waals surface area contributed by atoms with Gasteiger partial charge >= 0.3 is 5.97 Å². The van der Waals surface area contributed by atoms with Gasteiger partial charge in [0.05, 0.1) is 23.3 Å². The summed E-state index contributed by atoms with van der Waals surface area (Å²) in [5, 5.41) is 10.4. The number of amidine groups is 1. The van der Waals surface area contributed by atoms with Gasteiger partial charge in [0.1, 0.15) is 12.4 Å². The maximum atomic E-state index is 12.8. The van der Waals surface area contributed by atoms with Crippen molar-refractivity contribution < 1.29 is 19.4 Å². The summed E-state index contributed by atoms with van der Waals surface area (Å²) in [5.74, 6) is -0.413. The number of rotatable bonds is 6. The lowest BCUT2D eigenvalue weighted by Crippen LogP contribution is -2.23. The average Bonchev–Trinajstić information content (AvgIpc) is 3.07. The number of aromatic carboxylic acids is 1. The quantitative estimate of drug-likeness (QED) is 0.217. The van der Waals surface area contributed by atoms with E-state index < -0.39 is 5.97 Å². The van der Waals surface area contributed by atoms with E-state index in [0.717, 1.165) is 24.0 Å². The molecule has 0 radical (unpaired) electrons. The molecule has 1 N–H and O–H groups in total. The molecule has 1 heterocycles. The molecule has 10 heteroatoms. The van der Waals surface area contributed by atoms with Gasteiger partial charge in [0.15, 0.2) is 5.17 Å². The predicted octanol–water partition coefficient (Wildman–Crippen LogP) is 7.06. The molecule has 0 saturated carbocycles. The highest BCUT2D eigenvalue weighted by atomic mass is 127. The van der Waals surface area contributed by atoms with Gasteiger partial charge < -0.3 is 9.84 Å². The third kappa shape index (κ3) is 6.38. The van der Waals surface area contributed by atoms with Crippen LogP contribution < -0.4 is 4.74 Å². The number of aliphatic imine (C=N–C) groups is 1. The molecule has 0 spiro atoms. The van der Waals surface area contributed by atoms with E-state index in [-0.39, 0.29) is 11.5 Å². The van der Waals surface area contributed by atoms with Crippen LogP contribution in [0.1, 0.15) is 21.5 Å². The molecule has 0 unspecified atom stereocenters. The smallest absolute Gasteiger partial charge is 0.335 e. The SMILES string of the molecule is CN1C(=O)C(=Cc2cc(I)c(OCc3ccc(Cl)cc3)c(I)c2)SC1=Nc1cccc(C(=O)O)c1. The molecule has 4 rings (SSSR count). The second kappa shape index (κ2) is 11.3. The Morgan fingerprint density at radius 1 is 1.14 bits per heavy atom. The van der Waals surface area contributed by atoms with Crippen molar-refractivity contribution in [3.63, 3.8) is 0 Å². The van der Waals surface area contributed by atoms with Gasteiger partial charge in [-0.25, -0.2) is 9.79 Å². The van der Waals surface area contributed by atoms with E-state index in [1.807, 2.05) is 42.5 Å². The predicted molar refractivity (Wildman–Crippen MR) is 156 cm³/mol. The standard InChI is InChI=1S/C25H17ClI2N2O4S/c1-30-23(31)21(35-25(30)29-18-4-2-3-16(12-18)24(32)33)11-15-9-19(27)22(20(28)10-15)34-13-14-5-7-17(26)8-6-14/h2-12H,13H2,1H3,(H,32,33). The molecule has 1 aliphatic rings. The molecule has 0 bridgehead atoms. The molecule has 178 valence electrons. The number of hydrogen-bond acceptors (Lipinski definition) is 5. The largest absolute Gasteiger partial charge is 0.487 e. The average molecular weight is 731 g/mol. The van der Waals surface area contributed by atoms with E-state index in [1.54, 1.807) is 19.2 Å². The number of carbonyl (C=O) groups is 2. The number of halogens is 3. The van der Waals surface area contributed by atoms with Crippen molar-refractivity contribution in [1.29, 1.82) is 0 Å². The zero-order valence-corrected chi connectivity index (χ0v) is 24.1. The fraction of sp³-hybridized carbons (Fsp3) is 0.0800. The van der Waals surface area contributed by atoms with Crippen molar-refractivity contribution in [3.8, 4) is 5.75 Å². The minimum Gasteiger partial charge on any atom is -0.487 e. The Kier molecular flexibility index (Phi) is 8.40. The van der Waals surface area contributed by atoms with Gasteiger partial charge in [0.2, 0.25) is 0 Å². The second-order valence-corrected chi connectivity index (χ2v) is 11.2. The Hall–Kier alpha value is -2.09. The Morgan fingerprint density at radius 3 is 2.49 bits per heavy atom. The fourth-order valence-corrected chi connectivity index (χ4v) is 6.40. The van der Waals surface area contributed by atoms with Crippen LogP contribution in [0.3, 0.4) is 0 Å². The second-order valence-electron chi connectivity index (χ2n) is 7.45. The normalized spacial score (nSPS) is 15.8. The van der Waals surface area contributed by atoms with Crippen molar-refractivity contribution in [2.45, 2.75) is 6.61 Å². The maximum absolute atomic E-state index is 12.8. The Bertz CT molecular complexity index is 1350. The molecular formula is C25H17ClI2N2O4S. The number of carbonyl (C=O) groups excluding carboxylic acids is 1. The van der Waals surface area contributed by atoms with Gasteiger partial charge in [-0.05, 0) is 117 Å². The first kappa shape index (κ1) is 26.0. The fourth-order valence-electron chi connectivity index (χ4n) is 3.16. The van der Waals surface area contributed by atoms with Crippen LogP contribution in [-0.4, -0.2) is 34.1 Å². The molecule has 35 heavy (non-hydrogen) atoms. The van der Waals surface area contributed by atoms with Crippen LogP contribution in [0.4, 0.5) is 5.69 Å². The van der Waals surface area contributed by atoms with Gasteiger partial charge in [-0.3, -0.25) is 9.69 Å². The molecule has 3 aromatic carbocycles. The Labute approximate surface area is 238 Å². The first-order valence-electron chi connectivity index (χ1n) is 10.2. The van der Waals surface area contributed by atoms with E-state index in [0.29, 0.717) is 27.4 Å². The molecule has 0 atom stereocenters. The Morgan fingerprint density at radius 2 is 1.83 bits per heavy atom. The lowest BCUT2D eigenvalue weighted by atomic mass is 10.2. The van der Waals surface area contributed by atoms with Crippen LogP contribution >= 0.6 is 68.5 Å². The molecule has 6 nitrogen and oxygen atoms in total. The van der Waals surface area contributed by atoms with Crippen LogP contribution in [0.2, 0.25) is 5.02 Å². The van der Waals surface area contributed by atoms with Gasteiger partial charge in [-0.2, -0.15) is 0 Å². The summed E-state index contributed by atoms with van der Waals surface area (Å²) in [4.78, 5) is 30.5. The highest BCUT2D eigenvalue weighted by molar-refractivity contribution is 14.1. The summed E-state index contributed by atoms with van der Waals surface area (Å²) in [6, 6.07) is 17.8. The number of likely N-dealkylation sites (N-methyl/N-ethyl adjacent to an activating group) is 1. The number of ether oxygens (including phenoxy) is 1. The molecule has 0 aliphatic carbocycles. The minimum absolute atomic E-state index is 0.141. The number of carboxylic acids is 1. The van der Waals surface area contributed by atoms with Crippen LogP contribution in [0.15, 0.2) is 70.6 Å². The van der Waals surface area contributed by atoms with Crippen LogP contribution in [0, 0.1) is 7.14 Å².